The molecular formula is C19H31N3S. The Bertz CT molecular complexity index is 483. The molecule has 1 aromatic rings. The minimum Gasteiger partial charge on any atom is -0.308 e. The number of thioether (sulfide) groups is 1. The maximum atomic E-state index is 3.98. The number of hydrogen-bond donors (Lipinski definition) is 1. The van der Waals surface area contributed by atoms with Crippen molar-refractivity contribution in [1.82, 2.24) is 15.1 Å². The highest BCUT2D eigenvalue weighted by molar-refractivity contribution is 7.99. The summed E-state index contributed by atoms with van der Waals surface area (Å²) in [5, 5.41) is 3.98. The summed E-state index contributed by atoms with van der Waals surface area (Å²) in [6.45, 7) is 4.87. The first-order chi connectivity index (χ1) is 11.2. The molecule has 1 aromatic carbocycles. The molecule has 0 saturated carbocycles. The van der Waals surface area contributed by atoms with Crippen LogP contribution < -0.4 is 5.32 Å². The monoisotopic (exact) mass is 333 g/mol. The lowest BCUT2D eigenvalue weighted by Gasteiger charge is -2.35. The van der Waals surface area contributed by atoms with E-state index in [1.54, 1.807) is 11.1 Å². The molecule has 2 aliphatic rings. The molecule has 2 aliphatic heterocycles. The Morgan fingerprint density at radius 3 is 2.78 bits per heavy atom. The van der Waals surface area contributed by atoms with Crippen molar-refractivity contribution in [2.75, 3.05) is 51.8 Å². The standard InChI is InChI=1S/C19H31N3S/c1-21(2)12-13-22-10-7-17(8-11-22)20-19-15-23-14-9-16-5-3-4-6-18(16)19/h3-6,17,19-20H,7-15H2,1-2H3/t19-/m1/s1. The van der Waals surface area contributed by atoms with Gasteiger partial charge in [-0.3, -0.25) is 0 Å². The van der Waals surface area contributed by atoms with E-state index < -0.39 is 0 Å². The molecule has 4 heteroatoms. The number of hydrogen-bond acceptors (Lipinski definition) is 4. The summed E-state index contributed by atoms with van der Waals surface area (Å²) in [7, 11) is 4.32. The topological polar surface area (TPSA) is 18.5 Å². The Balaban J connectivity index is 1.52. The van der Waals surface area contributed by atoms with Gasteiger partial charge in [-0.05, 0) is 63.3 Å². The van der Waals surface area contributed by atoms with Gasteiger partial charge in [0, 0.05) is 30.9 Å². The minimum absolute atomic E-state index is 0.539. The van der Waals surface area contributed by atoms with Crippen molar-refractivity contribution in [3.05, 3.63) is 35.4 Å². The number of nitrogens with zero attached hydrogens (tertiary/aromatic N) is 2. The predicted molar refractivity (Wildman–Crippen MR) is 101 cm³/mol. The van der Waals surface area contributed by atoms with Crippen LogP contribution in [0.25, 0.3) is 0 Å². The van der Waals surface area contributed by atoms with Crippen LogP contribution in [0.3, 0.4) is 0 Å². The van der Waals surface area contributed by atoms with Crippen molar-refractivity contribution in [2.24, 2.45) is 0 Å². The number of piperidine rings is 1. The second-order valence-corrected chi connectivity index (χ2v) is 8.31. The van der Waals surface area contributed by atoms with Gasteiger partial charge in [-0.1, -0.05) is 24.3 Å². The van der Waals surface area contributed by atoms with Gasteiger partial charge >= 0.3 is 0 Å². The molecule has 0 bridgehead atoms. The van der Waals surface area contributed by atoms with Gasteiger partial charge in [0.1, 0.15) is 0 Å². The van der Waals surface area contributed by atoms with Crippen molar-refractivity contribution < 1.29 is 0 Å². The zero-order valence-electron chi connectivity index (χ0n) is 14.6. The van der Waals surface area contributed by atoms with E-state index in [0.29, 0.717) is 12.1 Å². The van der Waals surface area contributed by atoms with Gasteiger partial charge in [0.2, 0.25) is 0 Å². The summed E-state index contributed by atoms with van der Waals surface area (Å²) in [4.78, 5) is 4.90. The number of benzene rings is 1. The van der Waals surface area contributed by atoms with Crippen LogP contribution in [0, 0.1) is 0 Å². The lowest BCUT2D eigenvalue weighted by Crippen LogP contribution is -2.45. The molecule has 3 rings (SSSR count). The fraction of sp³-hybridized carbons (Fsp3) is 0.684. The molecule has 1 saturated heterocycles. The summed E-state index contributed by atoms with van der Waals surface area (Å²) >= 11 is 2.10. The maximum absolute atomic E-state index is 3.98. The Kier molecular flexibility index (Phi) is 6.40. The van der Waals surface area contributed by atoms with Crippen molar-refractivity contribution in [1.29, 1.82) is 0 Å². The Morgan fingerprint density at radius 2 is 2.00 bits per heavy atom. The fourth-order valence-corrected chi connectivity index (χ4v) is 4.70. The summed E-state index contributed by atoms with van der Waals surface area (Å²) in [5.41, 5.74) is 3.10. The van der Waals surface area contributed by atoms with Crippen LogP contribution in [0.4, 0.5) is 0 Å². The molecule has 23 heavy (non-hydrogen) atoms. The minimum atomic E-state index is 0.539. The van der Waals surface area contributed by atoms with E-state index in [9.17, 15) is 0 Å². The second kappa shape index (κ2) is 8.52. The van der Waals surface area contributed by atoms with Gasteiger partial charge in [-0.2, -0.15) is 11.8 Å². The number of nitrogens with one attached hydrogen (secondary N) is 1. The Labute approximate surface area is 145 Å². The van der Waals surface area contributed by atoms with Crippen LogP contribution in [0.2, 0.25) is 0 Å². The SMILES string of the molecule is CN(C)CCN1CCC(N[C@@H]2CSCCc3ccccc32)CC1. The molecule has 1 N–H and O–H groups in total. The first kappa shape index (κ1) is 17.3. The van der Waals surface area contributed by atoms with Crippen molar-refractivity contribution in [3.63, 3.8) is 0 Å². The van der Waals surface area contributed by atoms with Crippen LogP contribution in [0.5, 0.6) is 0 Å². The van der Waals surface area contributed by atoms with Gasteiger partial charge in [0.05, 0.1) is 0 Å². The molecular weight excluding hydrogens is 302 g/mol. The molecule has 2 heterocycles. The largest absolute Gasteiger partial charge is 0.308 e. The smallest absolute Gasteiger partial charge is 0.0416 e. The first-order valence-electron chi connectivity index (χ1n) is 9.01. The van der Waals surface area contributed by atoms with E-state index in [4.69, 9.17) is 0 Å². The average molecular weight is 334 g/mol. The Hall–Kier alpha value is -0.550. The molecule has 1 atom stereocenters. The summed E-state index contributed by atoms with van der Waals surface area (Å²) in [5.74, 6) is 2.48. The molecule has 0 spiro atoms. The predicted octanol–water partition coefficient (Wildman–Crippen LogP) is 2.63. The van der Waals surface area contributed by atoms with E-state index in [1.807, 2.05) is 0 Å². The van der Waals surface area contributed by atoms with Crippen LogP contribution in [0.1, 0.15) is 30.0 Å². The second-order valence-electron chi connectivity index (χ2n) is 7.16. The fourth-order valence-electron chi connectivity index (χ4n) is 3.66. The van der Waals surface area contributed by atoms with Crippen LogP contribution in [-0.4, -0.2) is 67.6 Å². The molecule has 0 unspecified atom stereocenters. The highest BCUT2D eigenvalue weighted by Gasteiger charge is 2.24. The molecule has 1 fully saturated rings. The van der Waals surface area contributed by atoms with Crippen molar-refractivity contribution >= 4 is 11.8 Å². The molecule has 3 nitrogen and oxygen atoms in total. The van der Waals surface area contributed by atoms with E-state index in [0.717, 1.165) is 0 Å². The van der Waals surface area contributed by atoms with Gasteiger partial charge in [-0.15, -0.1) is 0 Å². The normalized spacial score (nSPS) is 23.7. The van der Waals surface area contributed by atoms with Gasteiger partial charge < -0.3 is 15.1 Å². The molecule has 0 radical (unpaired) electrons. The third-order valence-electron chi connectivity index (χ3n) is 5.12. The van der Waals surface area contributed by atoms with Crippen LogP contribution in [0.15, 0.2) is 24.3 Å². The van der Waals surface area contributed by atoms with Crippen molar-refractivity contribution in [3.8, 4) is 0 Å². The molecule has 0 aliphatic carbocycles. The lowest BCUT2D eigenvalue weighted by atomic mass is 9.97. The average Bonchev–Trinajstić information content (AvgIpc) is 2.77. The van der Waals surface area contributed by atoms with Gasteiger partial charge in [0.25, 0.3) is 0 Å². The number of fused-ring (bicyclic) bond motifs is 1. The summed E-state index contributed by atoms with van der Waals surface area (Å²) < 4.78 is 0. The Morgan fingerprint density at radius 1 is 1.22 bits per heavy atom. The number of rotatable bonds is 5. The number of likely N-dealkylation sites (tertiary alicyclic amines) is 1. The van der Waals surface area contributed by atoms with Gasteiger partial charge in [-0.25, -0.2) is 0 Å². The first-order valence-corrected chi connectivity index (χ1v) is 10.2. The zero-order chi connectivity index (χ0) is 16.1. The van der Waals surface area contributed by atoms with Crippen molar-refractivity contribution in [2.45, 2.75) is 31.3 Å². The molecule has 0 amide bonds. The van der Waals surface area contributed by atoms with E-state index >= 15 is 0 Å². The molecule has 128 valence electrons. The van der Waals surface area contributed by atoms with Gasteiger partial charge in [0.15, 0.2) is 0 Å². The molecule has 0 aromatic heterocycles. The maximum Gasteiger partial charge on any atom is 0.0416 e. The summed E-state index contributed by atoms with van der Waals surface area (Å²) in [6, 6.07) is 10.3. The highest BCUT2D eigenvalue weighted by Crippen LogP contribution is 2.28. The number of aryl methyl sites for hydroxylation is 1. The quantitative estimate of drug-likeness (QED) is 0.892. The third-order valence-corrected chi connectivity index (χ3v) is 6.18. The van der Waals surface area contributed by atoms with E-state index in [-0.39, 0.29) is 0 Å². The van der Waals surface area contributed by atoms with Crippen LogP contribution in [-0.2, 0) is 6.42 Å². The van der Waals surface area contributed by atoms with E-state index in [1.165, 1.54) is 56.9 Å². The number of likely N-dealkylation sites (N-methyl/N-ethyl adjacent to an activating group) is 1. The summed E-state index contributed by atoms with van der Waals surface area (Å²) in [6.07, 6.45) is 3.80. The lowest BCUT2D eigenvalue weighted by molar-refractivity contribution is 0.178. The van der Waals surface area contributed by atoms with Crippen LogP contribution >= 0.6 is 11.8 Å². The zero-order valence-corrected chi connectivity index (χ0v) is 15.4. The third kappa shape index (κ3) is 4.96. The van der Waals surface area contributed by atoms with E-state index in [2.05, 4.69) is 65.2 Å². The highest BCUT2D eigenvalue weighted by atomic mass is 32.2.